The summed E-state index contributed by atoms with van der Waals surface area (Å²) < 4.78 is 4.82. The van der Waals surface area contributed by atoms with Gasteiger partial charge in [0.25, 0.3) is 0 Å². The summed E-state index contributed by atoms with van der Waals surface area (Å²) in [6, 6.07) is 0. The summed E-state index contributed by atoms with van der Waals surface area (Å²) in [5, 5.41) is 39.2. The minimum atomic E-state index is -1.75. The van der Waals surface area contributed by atoms with E-state index in [4.69, 9.17) is 9.84 Å². The Bertz CT molecular complexity index is 308. The van der Waals surface area contributed by atoms with Gasteiger partial charge in [-0.25, -0.2) is 4.79 Å². The minimum absolute atomic E-state index is 0.114. The standard InChI is InChI=1S/C9H15NO7/c1-2-3(11)10-8-6(14)4(12)5(13)7(17-8)9(15)16/h4-8,12-14H,2H2,1H3,(H,10,11)(H,15,16)/t4-,5-,6+,7-,8+/m0/s1. The predicted molar refractivity (Wildman–Crippen MR) is 52.8 cm³/mol. The molecule has 0 aromatic rings. The van der Waals surface area contributed by atoms with E-state index in [0.29, 0.717) is 0 Å². The smallest absolute Gasteiger partial charge is 0.335 e. The molecule has 8 nitrogen and oxygen atoms in total. The number of carbonyl (C=O) groups excluding carboxylic acids is 1. The summed E-state index contributed by atoms with van der Waals surface area (Å²) in [4.78, 5) is 21.8. The summed E-state index contributed by atoms with van der Waals surface area (Å²) >= 11 is 0. The van der Waals surface area contributed by atoms with Crippen LogP contribution >= 0.6 is 0 Å². The Hall–Kier alpha value is -1.22. The molecule has 1 amide bonds. The Balaban J connectivity index is 2.78. The van der Waals surface area contributed by atoms with Crippen molar-refractivity contribution in [1.82, 2.24) is 5.32 Å². The fraction of sp³-hybridized carbons (Fsp3) is 0.778. The maximum absolute atomic E-state index is 11.1. The fourth-order valence-corrected chi connectivity index (χ4v) is 1.46. The van der Waals surface area contributed by atoms with Crippen molar-refractivity contribution >= 4 is 11.9 Å². The summed E-state index contributed by atoms with van der Waals surface area (Å²) in [6.07, 6.45) is -7.99. The van der Waals surface area contributed by atoms with Crippen LogP contribution in [0.25, 0.3) is 0 Å². The van der Waals surface area contributed by atoms with E-state index >= 15 is 0 Å². The van der Waals surface area contributed by atoms with E-state index in [0.717, 1.165) is 0 Å². The molecule has 0 aromatic heterocycles. The van der Waals surface area contributed by atoms with Gasteiger partial charge in [0.15, 0.2) is 12.3 Å². The normalized spacial score (nSPS) is 37.5. The van der Waals surface area contributed by atoms with E-state index in [1.807, 2.05) is 0 Å². The van der Waals surface area contributed by atoms with Crippen LogP contribution < -0.4 is 5.32 Å². The number of hydrogen-bond acceptors (Lipinski definition) is 6. The van der Waals surface area contributed by atoms with Crippen LogP contribution in [0.3, 0.4) is 0 Å². The zero-order valence-electron chi connectivity index (χ0n) is 9.11. The molecule has 0 unspecified atom stereocenters. The Morgan fingerprint density at radius 1 is 1.18 bits per heavy atom. The van der Waals surface area contributed by atoms with Crippen LogP contribution in [0.4, 0.5) is 0 Å². The number of carboxylic acids is 1. The molecule has 5 atom stereocenters. The number of carbonyl (C=O) groups is 2. The molecule has 0 bridgehead atoms. The highest BCUT2D eigenvalue weighted by atomic mass is 16.6. The highest BCUT2D eigenvalue weighted by molar-refractivity contribution is 5.76. The average molecular weight is 249 g/mol. The zero-order chi connectivity index (χ0) is 13.2. The average Bonchev–Trinajstić information content (AvgIpc) is 2.29. The molecule has 0 aliphatic carbocycles. The number of nitrogens with one attached hydrogen (secondary N) is 1. The third-order valence-corrected chi connectivity index (χ3v) is 2.48. The number of rotatable bonds is 3. The van der Waals surface area contributed by atoms with Gasteiger partial charge in [0.05, 0.1) is 0 Å². The van der Waals surface area contributed by atoms with E-state index in [9.17, 15) is 24.9 Å². The van der Waals surface area contributed by atoms with E-state index in [1.165, 1.54) is 0 Å². The molecule has 1 aliphatic rings. The first kappa shape index (κ1) is 13.8. The van der Waals surface area contributed by atoms with Gasteiger partial charge < -0.3 is 30.5 Å². The monoisotopic (exact) mass is 249 g/mol. The van der Waals surface area contributed by atoms with Crippen LogP contribution in [0, 0.1) is 0 Å². The Labute approximate surface area is 96.8 Å². The van der Waals surface area contributed by atoms with Crippen LogP contribution in [-0.2, 0) is 14.3 Å². The third kappa shape index (κ3) is 2.91. The molecule has 1 saturated heterocycles. The van der Waals surface area contributed by atoms with Crippen molar-refractivity contribution in [2.75, 3.05) is 0 Å². The molecule has 0 saturated carbocycles. The molecule has 5 N–H and O–H groups in total. The number of ether oxygens (including phenoxy) is 1. The Morgan fingerprint density at radius 2 is 1.76 bits per heavy atom. The van der Waals surface area contributed by atoms with Gasteiger partial charge in [-0.1, -0.05) is 6.92 Å². The maximum atomic E-state index is 11.1. The first-order valence-electron chi connectivity index (χ1n) is 5.10. The zero-order valence-corrected chi connectivity index (χ0v) is 9.11. The largest absolute Gasteiger partial charge is 0.479 e. The summed E-state index contributed by atoms with van der Waals surface area (Å²) in [6.45, 7) is 1.56. The maximum Gasteiger partial charge on any atom is 0.335 e. The highest BCUT2D eigenvalue weighted by Gasteiger charge is 2.47. The van der Waals surface area contributed by atoms with E-state index in [1.54, 1.807) is 6.92 Å². The van der Waals surface area contributed by atoms with Gasteiger partial charge in [-0.3, -0.25) is 4.79 Å². The van der Waals surface area contributed by atoms with Gasteiger partial charge >= 0.3 is 5.97 Å². The SMILES string of the molecule is CCC(=O)N[C@@H]1O[C@H](C(=O)O)[C@@H](O)[C@H](O)[C@H]1O. The van der Waals surface area contributed by atoms with Crippen molar-refractivity contribution in [1.29, 1.82) is 0 Å². The minimum Gasteiger partial charge on any atom is -0.479 e. The molecule has 1 fully saturated rings. The van der Waals surface area contributed by atoms with Gasteiger partial charge in [-0.2, -0.15) is 0 Å². The molecule has 1 aliphatic heterocycles. The summed E-state index contributed by atoms with van der Waals surface area (Å²) in [5.74, 6) is -1.96. The van der Waals surface area contributed by atoms with E-state index in [2.05, 4.69) is 5.32 Å². The van der Waals surface area contributed by atoms with E-state index < -0.39 is 42.5 Å². The van der Waals surface area contributed by atoms with Crippen LogP contribution in [0.1, 0.15) is 13.3 Å². The fourth-order valence-electron chi connectivity index (χ4n) is 1.46. The highest BCUT2D eigenvalue weighted by Crippen LogP contribution is 2.20. The topological polar surface area (TPSA) is 136 Å². The molecule has 17 heavy (non-hydrogen) atoms. The lowest BCUT2D eigenvalue weighted by Gasteiger charge is -2.38. The lowest BCUT2D eigenvalue weighted by molar-refractivity contribution is -0.233. The molecule has 1 heterocycles. The Kier molecular flexibility index (Phi) is 4.40. The molecule has 0 aromatic carbocycles. The first-order valence-corrected chi connectivity index (χ1v) is 5.10. The van der Waals surface area contributed by atoms with Crippen molar-refractivity contribution in [2.45, 2.75) is 44.0 Å². The molecule has 98 valence electrons. The summed E-state index contributed by atoms with van der Waals surface area (Å²) in [5.41, 5.74) is 0. The molecule has 1 rings (SSSR count). The third-order valence-electron chi connectivity index (χ3n) is 2.48. The second kappa shape index (κ2) is 5.41. The van der Waals surface area contributed by atoms with Crippen molar-refractivity contribution in [3.05, 3.63) is 0 Å². The van der Waals surface area contributed by atoms with Crippen LogP contribution in [0.15, 0.2) is 0 Å². The van der Waals surface area contributed by atoms with Gasteiger partial charge in [0, 0.05) is 6.42 Å². The van der Waals surface area contributed by atoms with Crippen molar-refractivity contribution in [3.63, 3.8) is 0 Å². The van der Waals surface area contributed by atoms with Gasteiger partial charge in [-0.05, 0) is 0 Å². The second-order valence-electron chi connectivity index (χ2n) is 3.71. The van der Waals surface area contributed by atoms with Gasteiger partial charge in [0.1, 0.15) is 18.3 Å². The van der Waals surface area contributed by atoms with Crippen molar-refractivity contribution < 1.29 is 34.8 Å². The summed E-state index contributed by atoms with van der Waals surface area (Å²) in [7, 11) is 0. The first-order chi connectivity index (χ1) is 7.88. The molecule has 8 heteroatoms. The number of aliphatic hydroxyl groups is 3. The van der Waals surface area contributed by atoms with E-state index in [-0.39, 0.29) is 6.42 Å². The van der Waals surface area contributed by atoms with Crippen molar-refractivity contribution in [2.24, 2.45) is 0 Å². The lowest BCUT2D eigenvalue weighted by atomic mass is 9.98. The molecular formula is C9H15NO7. The van der Waals surface area contributed by atoms with Crippen molar-refractivity contribution in [3.8, 4) is 0 Å². The number of aliphatic hydroxyl groups excluding tert-OH is 3. The van der Waals surface area contributed by atoms with Gasteiger partial charge in [-0.15, -0.1) is 0 Å². The number of hydrogen-bond donors (Lipinski definition) is 5. The second-order valence-corrected chi connectivity index (χ2v) is 3.71. The quantitative estimate of drug-likeness (QED) is 0.370. The lowest BCUT2D eigenvalue weighted by Crippen LogP contribution is -2.64. The Morgan fingerprint density at radius 3 is 2.24 bits per heavy atom. The molecule has 0 spiro atoms. The number of carboxylic acid groups (broad SMARTS) is 1. The van der Waals surface area contributed by atoms with Crippen LogP contribution in [0.2, 0.25) is 0 Å². The molecular weight excluding hydrogens is 234 g/mol. The van der Waals surface area contributed by atoms with Crippen LogP contribution in [0.5, 0.6) is 0 Å². The number of amides is 1. The van der Waals surface area contributed by atoms with Crippen LogP contribution in [-0.4, -0.2) is 62.9 Å². The molecule has 0 radical (unpaired) electrons. The number of aliphatic carboxylic acids is 1. The van der Waals surface area contributed by atoms with Gasteiger partial charge in [0.2, 0.25) is 5.91 Å². The predicted octanol–water partition coefficient (Wildman–Crippen LogP) is -2.60.